The summed E-state index contributed by atoms with van der Waals surface area (Å²) in [5.74, 6) is -0.109. The van der Waals surface area contributed by atoms with Gasteiger partial charge in [0.1, 0.15) is 0 Å². The van der Waals surface area contributed by atoms with Crippen molar-refractivity contribution in [1.82, 2.24) is 10.3 Å². The molecule has 0 aliphatic carbocycles. The molecule has 17 heavy (non-hydrogen) atoms. The molecule has 0 bridgehead atoms. The predicted octanol–water partition coefficient (Wildman–Crippen LogP) is 2.76. The lowest BCUT2D eigenvalue weighted by molar-refractivity contribution is 0.0963. The minimum atomic E-state index is -0.109. The van der Waals surface area contributed by atoms with Crippen LogP contribution in [0.4, 0.5) is 0 Å². The SMILES string of the molecule is CNC(=O)c1cccc(-c2cncc(Cl)c2)c1. The van der Waals surface area contributed by atoms with E-state index in [0.29, 0.717) is 10.6 Å². The fourth-order valence-corrected chi connectivity index (χ4v) is 1.73. The number of benzene rings is 1. The second kappa shape index (κ2) is 4.97. The van der Waals surface area contributed by atoms with Crippen LogP contribution in [0.25, 0.3) is 11.1 Å². The zero-order chi connectivity index (χ0) is 12.3. The second-order valence-corrected chi connectivity index (χ2v) is 3.99. The standard InChI is InChI=1S/C13H11ClN2O/c1-15-13(17)10-4-2-3-9(5-10)11-6-12(14)8-16-7-11/h2-8H,1H3,(H,15,17). The molecule has 0 saturated heterocycles. The molecule has 4 heteroatoms. The molecule has 1 N–H and O–H groups in total. The molecule has 0 unspecified atom stereocenters. The molecule has 1 amide bonds. The molecule has 0 fully saturated rings. The van der Waals surface area contributed by atoms with Gasteiger partial charge in [-0.15, -0.1) is 0 Å². The Morgan fingerprint density at radius 1 is 1.24 bits per heavy atom. The van der Waals surface area contributed by atoms with Crippen molar-refractivity contribution >= 4 is 17.5 Å². The van der Waals surface area contributed by atoms with Crippen LogP contribution in [0, 0.1) is 0 Å². The number of aromatic nitrogens is 1. The van der Waals surface area contributed by atoms with Crippen molar-refractivity contribution in [3.05, 3.63) is 53.3 Å². The lowest BCUT2D eigenvalue weighted by Crippen LogP contribution is -2.17. The van der Waals surface area contributed by atoms with Gasteiger partial charge in [0.05, 0.1) is 5.02 Å². The lowest BCUT2D eigenvalue weighted by Gasteiger charge is -2.04. The molecule has 1 aromatic carbocycles. The third-order valence-electron chi connectivity index (χ3n) is 2.39. The molecule has 0 radical (unpaired) electrons. The maximum atomic E-state index is 11.5. The number of carbonyl (C=O) groups excluding carboxylic acids is 1. The highest BCUT2D eigenvalue weighted by Gasteiger charge is 2.05. The van der Waals surface area contributed by atoms with Crippen LogP contribution in [-0.4, -0.2) is 17.9 Å². The Morgan fingerprint density at radius 2 is 2.06 bits per heavy atom. The maximum Gasteiger partial charge on any atom is 0.251 e. The summed E-state index contributed by atoms with van der Waals surface area (Å²) in [4.78, 5) is 15.5. The third-order valence-corrected chi connectivity index (χ3v) is 2.60. The van der Waals surface area contributed by atoms with E-state index in [1.807, 2.05) is 24.3 Å². The fourth-order valence-electron chi connectivity index (χ4n) is 1.55. The number of nitrogens with zero attached hydrogens (tertiary/aromatic N) is 1. The molecule has 2 aromatic rings. The van der Waals surface area contributed by atoms with Gasteiger partial charge in [-0.2, -0.15) is 0 Å². The fraction of sp³-hybridized carbons (Fsp3) is 0.0769. The highest BCUT2D eigenvalue weighted by Crippen LogP contribution is 2.22. The number of pyridine rings is 1. The van der Waals surface area contributed by atoms with Crippen molar-refractivity contribution in [3.8, 4) is 11.1 Å². The minimum absolute atomic E-state index is 0.109. The summed E-state index contributed by atoms with van der Waals surface area (Å²) in [6.07, 6.45) is 3.29. The van der Waals surface area contributed by atoms with Gasteiger partial charge in [0, 0.05) is 30.6 Å². The van der Waals surface area contributed by atoms with Gasteiger partial charge in [-0.25, -0.2) is 0 Å². The molecule has 86 valence electrons. The Morgan fingerprint density at radius 3 is 2.76 bits per heavy atom. The monoisotopic (exact) mass is 246 g/mol. The van der Waals surface area contributed by atoms with Crippen molar-refractivity contribution in [2.75, 3.05) is 7.05 Å². The van der Waals surface area contributed by atoms with Gasteiger partial charge >= 0.3 is 0 Å². The quantitative estimate of drug-likeness (QED) is 0.885. The Kier molecular flexibility index (Phi) is 3.40. The van der Waals surface area contributed by atoms with Gasteiger partial charge in [0.25, 0.3) is 5.91 Å². The Hall–Kier alpha value is -1.87. The largest absolute Gasteiger partial charge is 0.355 e. The van der Waals surface area contributed by atoms with Crippen molar-refractivity contribution in [3.63, 3.8) is 0 Å². The van der Waals surface area contributed by atoms with Gasteiger partial charge < -0.3 is 5.32 Å². The number of carbonyl (C=O) groups is 1. The molecule has 0 spiro atoms. The normalized spacial score (nSPS) is 10.0. The van der Waals surface area contributed by atoms with Gasteiger partial charge in [0.15, 0.2) is 0 Å². The van der Waals surface area contributed by atoms with E-state index in [-0.39, 0.29) is 5.91 Å². The predicted molar refractivity (Wildman–Crippen MR) is 68.1 cm³/mol. The zero-order valence-corrected chi connectivity index (χ0v) is 10.0. The number of rotatable bonds is 2. The molecule has 1 aromatic heterocycles. The van der Waals surface area contributed by atoms with Crippen molar-refractivity contribution < 1.29 is 4.79 Å². The lowest BCUT2D eigenvalue weighted by atomic mass is 10.0. The molecule has 3 nitrogen and oxygen atoms in total. The molecule has 0 atom stereocenters. The second-order valence-electron chi connectivity index (χ2n) is 3.55. The Balaban J connectivity index is 2.43. The first-order chi connectivity index (χ1) is 8.20. The topological polar surface area (TPSA) is 42.0 Å². The van der Waals surface area contributed by atoms with Crippen LogP contribution in [0.1, 0.15) is 10.4 Å². The van der Waals surface area contributed by atoms with Crippen molar-refractivity contribution in [1.29, 1.82) is 0 Å². The summed E-state index contributed by atoms with van der Waals surface area (Å²) in [6.45, 7) is 0. The van der Waals surface area contributed by atoms with Crippen LogP contribution in [-0.2, 0) is 0 Å². The highest BCUT2D eigenvalue weighted by atomic mass is 35.5. The molecule has 0 aliphatic heterocycles. The first-order valence-corrected chi connectivity index (χ1v) is 5.51. The average molecular weight is 247 g/mol. The van der Waals surface area contributed by atoms with Crippen LogP contribution in [0.5, 0.6) is 0 Å². The van der Waals surface area contributed by atoms with Crippen LogP contribution in [0.2, 0.25) is 5.02 Å². The van der Waals surface area contributed by atoms with Crippen LogP contribution in [0.15, 0.2) is 42.7 Å². The highest BCUT2D eigenvalue weighted by molar-refractivity contribution is 6.30. The average Bonchev–Trinajstić information content (AvgIpc) is 2.38. The zero-order valence-electron chi connectivity index (χ0n) is 9.27. The van der Waals surface area contributed by atoms with E-state index in [4.69, 9.17) is 11.6 Å². The van der Waals surface area contributed by atoms with Crippen LogP contribution >= 0.6 is 11.6 Å². The molecule has 1 heterocycles. The Bertz CT molecular complexity index is 555. The molecular formula is C13H11ClN2O. The number of nitrogens with one attached hydrogen (secondary N) is 1. The van der Waals surface area contributed by atoms with Crippen molar-refractivity contribution in [2.24, 2.45) is 0 Å². The molecular weight excluding hydrogens is 236 g/mol. The number of amides is 1. The van der Waals surface area contributed by atoms with Crippen LogP contribution in [0.3, 0.4) is 0 Å². The summed E-state index contributed by atoms with van der Waals surface area (Å²) in [5.41, 5.74) is 2.43. The van der Waals surface area contributed by atoms with Gasteiger partial charge in [-0.3, -0.25) is 9.78 Å². The smallest absolute Gasteiger partial charge is 0.251 e. The number of hydrogen-bond donors (Lipinski definition) is 1. The summed E-state index contributed by atoms with van der Waals surface area (Å²) < 4.78 is 0. The van der Waals surface area contributed by atoms with Gasteiger partial charge in [0.2, 0.25) is 0 Å². The van der Waals surface area contributed by atoms with E-state index in [1.54, 1.807) is 25.5 Å². The molecule has 0 aliphatic rings. The van der Waals surface area contributed by atoms with E-state index < -0.39 is 0 Å². The van der Waals surface area contributed by atoms with Crippen molar-refractivity contribution in [2.45, 2.75) is 0 Å². The van der Waals surface area contributed by atoms with E-state index in [9.17, 15) is 4.79 Å². The molecule has 0 saturated carbocycles. The minimum Gasteiger partial charge on any atom is -0.355 e. The van der Waals surface area contributed by atoms with Crippen LogP contribution < -0.4 is 5.32 Å². The van der Waals surface area contributed by atoms with Gasteiger partial charge in [-0.05, 0) is 23.8 Å². The summed E-state index contributed by atoms with van der Waals surface area (Å²) >= 11 is 5.88. The van der Waals surface area contributed by atoms with E-state index in [1.165, 1.54) is 0 Å². The molecule has 2 rings (SSSR count). The number of halogens is 1. The van der Waals surface area contributed by atoms with Gasteiger partial charge in [-0.1, -0.05) is 23.7 Å². The van der Waals surface area contributed by atoms with E-state index in [0.717, 1.165) is 11.1 Å². The first kappa shape index (κ1) is 11.6. The summed E-state index contributed by atoms with van der Waals surface area (Å²) in [7, 11) is 1.61. The summed E-state index contributed by atoms with van der Waals surface area (Å²) in [5, 5.41) is 3.17. The Labute approximate surface area is 104 Å². The van der Waals surface area contributed by atoms with E-state index in [2.05, 4.69) is 10.3 Å². The van der Waals surface area contributed by atoms with E-state index >= 15 is 0 Å². The third kappa shape index (κ3) is 2.63. The number of hydrogen-bond acceptors (Lipinski definition) is 2. The maximum absolute atomic E-state index is 11.5. The summed E-state index contributed by atoms with van der Waals surface area (Å²) in [6, 6.07) is 9.14. The first-order valence-electron chi connectivity index (χ1n) is 5.14.